The van der Waals surface area contributed by atoms with E-state index in [9.17, 15) is 9.18 Å². The normalized spacial score (nSPS) is 10.3. The molecule has 5 heteroatoms. The highest BCUT2D eigenvalue weighted by molar-refractivity contribution is 5.77. The molecule has 0 unspecified atom stereocenters. The maximum atomic E-state index is 13.0. The van der Waals surface area contributed by atoms with E-state index in [1.807, 2.05) is 17.0 Å². The lowest BCUT2D eigenvalue weighted by Crippen LogP contribution is -2.36. The molecule has 0 N–H and O–H groups in total. The number of hydrogen-bond donors (Lipinski definition) is 0. The van der Waals surface area contributed by atoms with Crippen molar-refractivity contribution in [3.63, 3.8) is 0 Å². The highest BCUT2D eigenvalue weighted by atomic mass is 19.1. The Balaban J connectivity index is 2.44. The summed E-state index contributed by atoms with van der Waals surface area (Å²) >= 11 is 0. The maximum Gasteiger partial charge on any atom is 0.236 e. The molecule has 0 aromatic heterocycles. The molecular weight excluding hydrogens is 245 g/mol. The summed E-state index contributed by atoms with van der Waals surface area (Å²) in [4.78, 5) is 15.2. The topological polar surface area (TPSA) is 47.3 Å². The van der Waals surface area contributed by atoms with Gasteiger partial charge in [-0.25, -0.2) is 4.39 Å². The first-order valence-corrected chi connectivity index (χ1v) is 6.07. The second kappa shape index (κ2) is 7.49. The highest BCUT2D eigenvalue weighted by Crippen LogP contribution is 2.06. The number of halogens is 1. The van der Waals surface area contributed by atoms with Crippen LogP contribution in [0.5, 0.6) is 0 Å². The van der Waals surface area contributed by atoms with E-state index in [0.717, 1.165) is 5.56 Å². The van der Waals surface area contributed by atoms with E-state index in [-0.39, 0.29) is 18.3 Å². The Hall–Kier alpha value is -1.93. The highest BCUT2D eigenvalue weighted by Gasteiger charge is 2.11. The lowest BCUT2D eigenvalue weighted by Gasteiger charge is -2.21. The fourth-order valence-electron chi connectivity index (χ4n) is 1.70. The van der Waals surface area contributed by atoms with Crippen LogP contribution in [-0.4, -0.2) is 42.9 Å². The third kappa shape index (κ3) is 5.49. The summed E-state index contributed by atoms with van der Waals surface area (Å²) in [6.07, 6.45) is 0.329. The van der Waals surface area contributed by atoms with Gasteiger partial charge in [0, 0.05) is 20.1 Å². The third-order valence-corrected chi connectivity index (χ3v) is 2.73. The average molecular weight is 263 g/mol. The summed E-state index contributed by atoms with van der Waals surface area (Å²) in [7, 11) is 3.48. The molecule has 0 bridgehead atoms. The first-order chi connectivity index (χ1) is 9.02. The molecule has 0 aliphatic carbocycles. The minimum absolute atomic E-state index is 0.0471. The molecule has 1 rings (SSSR count). The number of carbonyl (C=O) groups excluding carboxylic acids is 1. The summed E-state index contributed by atoms with van der Waals surface area (Å²) in [5.41, 5.74) is 0.829. The molecule has 4 nitrogen and oxygen atoms in total. The summed E-state index contributed by atoms with van der Waals surface area (Å²) in [6, 6.07) is 8.33. The zero-order chi connectivity index (χ0) is 14.3. The van der Waals surface area contributed by atoms with E-state index in [1.54, 1.807) is 20.2 Å². The number of nitrogens with zero attached hydrogens (tertiary/aromatic N) is 3. The predicted molar refractivity (Wildman–Crippen MR) is 70.6 cm³/mol. The van der Waals surface area contributed by atoms with Crippen LogP contribution in [0.25, 0.3) is 0 Å². The van der Waals surface area contributed by atoms with Crippen LogP contribution in [-0.2, 0) is 11.3 Å². The van der Waals surface area contributed by atoms with Gasteiger partial charge in [0.2, 0.25) is 5.91 Å². The molecule has 0 aliphatic rings. The number of likely N-dealkylation sites (N-methyl/N-ethyl adjacent to an activating group) is 2. The van der Waals surface area contributed by atoms with Crippen LogP contribution in [0.4, 0.5) is 4.39 Å². The molecular formula is C14H18FN3O. The quantitative estimate of drug-likeness (QED) is 0.783. The number of hydrogen-bond acceptors (Lipinski definition) is 3. The van der Waals surface area contributed by atoms with Gasteiger partial charge >= 0.3 is 0 Å². The van der Waals surface area contributed by atoms with Gasteiger partial charge in [-0.15, -0.1) is 0 Å². The Morgan fingerprint density at radius 1 is 1.42 bits per heavy atom. The minimum atomic E-state index is -0.275. The van der Waals surface area contributed by atoms with Gasteiger partial charge in [-0.05, 0) is 24.7 Å². The van der Waals surface area contributed by atoms with Crippen LogP contribution in [0, 0.1) is 17.1 Å². The molecule has 1 aromatic carbocycles. The predicted octanol–water partition coefficient (Wildman–Crippen LogP) is 1.63. The largest absolute Gasteiger partial charge is 0.344 e. The van der Waals surface area contributed by atoms with Crippen LogP contribution in [0.2, 0.25) is 0 Å². The first kappa shape index (κ1) is 15.1. The van der Waals surface area contributed by atoms with Gasteiger partial charge < -0.3 is 4.90 Å². The van der Waals surface area contributed by atoms with E-state index in [2.05, 4.69) is 0 Å². The van der Waals surface area contributed by atoms with Crippen molar-refractivity contribution in [1.29, 1.82) is 5.26 Å². The zero-order valence-corrected chi connectivity index (χ0v) is 11.3. The lowest BCUT2D eigenvalue weighted by molar-refractivity contribution is -0.130. The minimum Gasteiger partial charge on any atom is -0.344 e. The Labute approximate surface area is 113 Å². The van der Waals surface area contributed by atoms with E-state index >= 15 is 0 Å². The molecule has 0 fully saturated rings. The Morgan fingerprint density at radius 3 is 2.79 bits per heavy atom. The smallest absolute Gasteiger partial charge is 0.236 e. The number of benzene rings is 1. The van der Waals surface area contributed by atoms with Crippen molar-refractivity contribution in [3.05, 3.63) is 35.6 Å². The van der Waals surface area contributed by atoms with Crippen LogP contribution in [0.15, 0.2) is 24.3 Å². The summed E-state index contributed by atoms with van der Waals surface area (Å²) in [5.74, 6) is -0.322. The zero-order valence-electron chi connectivity index (χ0n) is 11.3. The number of amides is 1. The van der Waals surface area contributed by atoms with E-state index < -0.39 is 0 Å². The molecule has 1 amide bonds. The average Bonchev–Trinajstić information content (AvgIpc) is 2.35. The van der Waals surface area contributed by atoms with E-state index in [4.69, 9.17) is 5.26 Å². The van der Waals surface area contributed by atoms with Crippen molar-refractivity contribution in [2.75, 3.05) is 27.2 Å². The second-order valence-electron chi connectivity index (χ2n) is 4.53. The molecule has 0 heterocycles. The van der Waals surface area contributed by atoms with E-state index in [0.29, 0.717) is 19.5 Å². The molecule has 0 radical (unpaired) electrons. The molecule has 1 aromatic rings. The number of rotatable bonds is 6. The standard InChI is InChI=1S/C14H18FN3O/c1-17(10-12-5-3-6-13(15)9-12)11-14(19)18(2)8-4-7-16/h3,5-6,9H,4,8,10-11H2,1-2H3. The second-order valence-corrected chi connectivity index (χ2v) is 4.53. The van der Waals surface area contributed by atoms with Crippen molar-refractivity contribution in [3.8, 4) is 6.07 Å². The number of nitriles is 1. The van der Waals surface area contributed by atoms with Gasteiger partial charge in [0.25, 0.3) is 0 Å². The molecule has 102 valence electrons. The van der Waals surface area contributed by atoms with E-state index in [1.165, 1.54) is 17.0 Å². The summed E-state index contributed by atoms with van der Waals surface area (Å²) in [6.45, 7) is 1.19. The van der Waals surface area contributed by atoms with Crippen molar-refractivity contribution >= 4 is 5.91 Å². The third-order valence-electron chi connectivity index (χ3n) is 2.73. The lowest BCUT2D eigenvalue weighted by atomic mass is 10.2. The molecule has 0 atom stereocenters. The van der Waals surface area contributed by atoms with Crippen LogP contribution >= 0.6 is 0 Å². The molecule has 0 saturated heterocycles. The fraction of sp³-hybridized carbons (Fsp3) is 0.429. The molecule has 0 saturated carbocycles. The monoisotopic (exact) mass is 263 g/mol. The summed E-state index contributed by atoms with van der Waals surface area (Å²) in [5, 5.41) is 8.47. The first-order valence-electron chi connectivity index (χ1n) is 6.07. The Kier molecular flexibility index (Phi) is 5.97. The van der Waals surface area contributed by atoms with Crippen molar-refractivity contribution in [2.24, 2.45) is 0 Å². The van der Waals surface area contributed by atoms with Crippen LogP contribution < -0.4 is 0 Å². The molecule has 0 spiro atoms. The fourth-order valence-corrected chi connectivity index (χ4v) is 1.70. The van der Waals surface area contributed by atoms with Crippen molar-refractivity contribution in [2.45, 2.75) is 13.0 Å². The van der Waals surface area contributed by atoms with Gasteiger partial charge in [0.05, 0.1) is 19.0 Å². The molecule has 19 heavy (non-hydrogen) atoms. The van der Waals surface area contributed by atoms with Gasteiger partial charge in [-0.2, -0.15) is 5.26 Å². The van der Waals surface area contributed by atoms with Crippen LogP contribution in [0.3, 0.4) is 0 Å². The van der Waals surface area contributed by atoms with Gasteiger partial charge in [-0.3, -0.25) is 9.69 Å². The SMILES string of the molecule is CN(CC(=O)N(C)CCC#N)Cc1cccc(F)c1. The Morgan fingerprint density at radius 2 is 2.16 bits per heavy atom. The van der Waals surface area contributed by atoms with Crippen molar-refractivity contribution < 1.29 is 9.18 Å². The Bertz CT molecular complexity index is 470. The maximum absolute atomic E-state index is 13.0. The van der Waals surface area contributed by atoms with Crippen LogP contribution in [0.1, 0.15) is 12.0 Å². The molecule has 0 aliphatic heterocycles. The summed E-state index contributed by atoms with van der Waals surface area (Å²) < 4.78 is 13.0. The van der Waals surface area contributed by atoms with Gasteiger partial charge in [-0.1, -0.05) is 12.1 Å². The van der Waals surface area contributed by atoms with Crippen molar-refractivity contribution in [1.82, 2.24) is 9.80 Å². The van der Waals surface area contributed by atoms with Gasteiger partial charge in [0.15, 0.2) is 0 Å². The number of carbonyl (C=O) groups is 1. The van der Waals surface area contributed by atoms with Gasteiger partial charge in [0.1, 0.15) is 5.82 Å².